The van der Waals surface area contributed by atoms with Crippen LogP contribution in [0.15, 0.2) is 46.7 Å². The van der Waals surface area contributed by atoms with E-state index in [0.29, 0.717) is 0 Å². The van der Waals surface area contributed by atoms with E-state index in [1.165, 1.54) is 17.2 Å². The molecule has 0 unspecified atom stereocenters. The first kappa shape index (κ1) is 20.0. The number of Topliss-reactive ketones (excluding diaryl/α,β-unsaturated/α-hetero) is 1. The van der Waals surface area contributed by atoms with Crippen molar-refractivity contribution in [2.75, 3.05) is 0 Å². The molecule has 0 radical (unpaired) electrons. The first-order valence-electron chi connectivity index (χ1n) is 9.00. The molecule has 0 spiro atoms. The van der Waals surface area contributed by atoms with Crippen LogP contribution in [0.3, 0.4) is 0 Å². The molecule has 0 aromatic rings. The zero-order valence-corrected chi connectivity index (χ0v) is 15.9. The third-order valence-electron chi connectivity index (χ3n) is 4.34. The fourth-order valence-corrected chi connectivity index (χ4v) is 2.78. The van der Waals surface area contributed by atoms with Gasteiger partial charge in [0, 0.05) is 12.2 Å². The minimum atomic E-state index is -0.702. The van der Waals surface area contributed by atoms with E-state index in [-0.39, 0.29) is 17.3 Å². The van der Waals surface area contributed by atoms with Crippen LogP contribution in [0, 0.1) is 0 Å². The van der Waals surface area contributed by atoms with Crippen molar-refractivity contribution in [2.45, 2.75) is 65.6 Å². The predicted molar refractivity (Wildman–Crippen MR) is 100 cm³/mol. The molecule has 0 aromatic carbocycles. The Kier molecular flexibility index (Phi) is 6.86. The maximum atomic E-state index is 12.0. The molecule has 1 aliphatic carbocycles. The number of rotatable bonds is 8. The van der Waals surface area contributed by atoms with Gasteiger partial charge in [-0.1, -0.05) is 28.9 Å². The quantitative estimate of drug-likeness (QED) is 0.411. The normalized spacial score (nSPS) is 22.5. The molecular weight excluding hydrogens is 330 g/mol. The summed E-state index contributed by atoms with van der Waals surface area (Å²) in [5.74, 6) is -0.985. The van der Waals surface area contributed by atoms with Crippen LogP contribution in [0.1, 0.15) is 53.4 Å². The molecule has 0 bridgehead atoms. The number of ketones is 2. The Morgan fingerprint density at radius 1 is 1.04 bits per heavy atom. The highest BCUT2D eigenvalue weighted by atomic mass is 16.6. The van der Waals surface area contributed by atoms with Crippen molar-refractivity contribution in [1.29, 1.82) is 0 Å². The number of carbonyl (C=O) groups excluding carboxylic acids is 3. The van der Waals surface area contributed by atoms with E-state index in [2.05, 4.69) is 38.2 Å². The van der Waals surface area contributed by atoms with Crippen LogP contribution in [0.5, 0.6) is 0 Å². The van der Waals surface area contributed by atoms with E-state index < -0.39 is 18.1 Å². The lowest BCUT2D eigenvalue weighted by Gasteiger charge is -2.08. The van der Waals surface area contributed by atoms with Gasteiger partial charge in [-0.15, -0.1) is 0 Å². The van der Waals surface area contributed by atoms with Crippen molar-refractivity contribution in [2.24, 2.45) is 0 Å². The van der Waals surface area contributed by atoms with Crippen molar-refractivity contribution in [3.63, 3.8) is 0 Å². The van der Waals surface area contributed by atoms with Crippen LogP contribution in [0.2, 0.25) is 0 Å². The van der Waals surface area contributed by atoms with Crippen LogP contribution in [-0.4, -0.2) is 29.7 Å². The second-order valence-corrected chi connectivity index (χ2v) is 7.19. The van der Waals surface area contributed by atoms with Gasteiger partial charge in [0.05, 0.1) is 5.70 Å². The van der Waals surface area contributed by atoms with Gasteiger partial charge in [-0.2, -0.15) is 0 Å². The largest absolute Gasteiger partial charge is 0.352 e. The summed E-state index contributed by atoms with van der Waals surface area (Å²) in [7, 11) is 0. The Hall–Kier alpha value is -2.27. The highest BCUT2D eigenvalue weighted by molar-refractivity contribution is 6.17. The van der Waals surface area contributed by atoms with Crippen LogP contribution in [0.25, 0.3) is 0 Å². The number of amides is 1. The van der Waals surface area contributed by atoms with Gasteiger partial charge in [0.25, 0.3) is 0 Å². The molecule has 140 valence electrons. The molecule has 5 nitrogen and oxygen atoms in total. The maximum Gasteiger partial charge on any atom is 0.248 e. The van der Waals surface area contributed by atoms with Crippen molar-refractivity contribution in [3.05, 3.63) is 46.7 Å². The second kappa shape index (κ2) is 8.90. The molecule has 1 N–H and O–H groups in total. The van der Waals surface area contributed by atoms with Crippen LogP contribution in [-0.2, 0) is 19.1 Å². The van der Waals surface area contributed by atoms with E-state index >= 15 is 0 Å². The number of ether oxygens (including phenoxy) is 1. The van der Waals surface area contributed by atoms with Crippen LogP contribution >= 0.6 is 0 Å². The second-order valence-electron chi connectivity index (χ2n) is 7.19. The SMILES string of the molecule is CC(C)=CCC/C(C)=C/CC/C(C)=C/C(=O)NC1=CC(=O)[C@H]2O[C@H]2C1=O. The van der Waals surface area contributed by atoms with E-state index in [1.54, 1.807) is 0 Å². The Morgan fingerprint density at radius 2 is 1.69 bits per heavy atom. The monoisotopic (exact) mass is 357 g/mol. The lowest BCUT2D eigenvalue weighted by Crippen LogP contribution is -2.33. The predicted octanol–water partition coefficient (Wildman–Crippen LogP) is 3.32. The molecule has 0 aromatic heterocycles. The number of hydrogen-bond donors (Lipinski definition) is 1. The zero-order chi connectivity index (χ0) is 19.3. The lowest BCUT2D eigenvalue weighted by atomic mass is 10.0. The van der Waals surface area contributed by atoms with Gasteiger partial charge in [-0.25, -0.2) is 0 Å². The van der Waals surface area contributed by atoms with E-state index in [9.17, 15) is 14.4 Å². The Labute approximate surface area is 154 Å². The van der Waals surface area contributed by atoms with Crippen LogP contribution in [0.4, 0.5) is 0 Å². The smallest absolute Gasteiger partial charge is 0.248 e. The van der Waals surface area contributed by atoms with Gasteiger partial charge in [-0.05, 0) is 53.4 Å². The summed E-state index contributed by atoms with van der Waals surface area (Å²) in [6.07, 6.45) is 9.47. The maximum absolute atomic E-state index is 12.0. The molecule has 1 saturated heterocycles. The molecule has 26 heavy (non-hydrogen) atoms. The molecule has 2 rings (SSSR count). The molecule has 0 saturated carbocycles. The lowest BCUT2D eigenvalue weighted by molar-refractivity contribution is -0.122. The highest BCUT2D eigenvalue weighted by Crippen LogP contribution is 2.30. The summed E-state index contributed by atoms with van der Waals surface area (Å²) in [6.45, 7) is 8.20. The van der Waals surface area contributed by atoms with E-state index in [0.717, 1.165) is 37.3 Å². The molecule has 1 fully saturated rings. The average Bonchev–Trinajstić information content (AvgIpc) is 3.33. The number of allylic oxidation sites excluding steroid dienone is 5. The summed E-state index contributed by atoms with van der Waals surface area (Å²) < 4.78 is 4.98. The van der Waals surface area contributed by atoms with E-state index in [4.69, 9.17) is 4.74 Å². The van der Waals surface area contributed by atoms with Crippen molar-refractivity contribution >= 4 is 17.5 Å². The third kappa shape index (κ3) is 5.92. The van der Waals surface area contributed by atoms with Gasteiger partial charge < -0.3 is 10.1 Å². The van der Waals surface area contributed by atoms with Crippen molar-refractivity contribution < 1.29 is 19.1 Å². The molecule has 1 amide bonds. The zero-order valence-electron chi connectivity index (χ0n) is 15.9. The summed E-state index contributed by atoms with van der Waals surface area (Å²) in [5, 5.41) is 2.50. The van der Waals surface area contributed by atoms with Gasteiger partial charge >= 0.3 is 0 Å². The summed E-state index contributed by atoms with van der Waals surface area (Å²) >= 11 is 0. The standard InChI is InChI=1S/C21H27NO4/c1-13(2)7-5-8-14(3)9-6-10-15(4)11-18(24)22-16-12-17(23)20-21(26-20)19(16)25/h7,9,11-12,20-21H,5-6,8,10H2,1-4H3,(H,22,24)/b14-9+,15-11+/t20-,21+/m1/s1. The summed E-state index contributed by atoms with van der Waals surface area (Å²) in [4.78, 5) is 35.5. The third-order valence-corrected chi connectivity index (χ3v) is 4.34. The van der Waals surface area contributed by atoms with Crippen LogP contribution < -0.4 is 5.32 Å². The average molecular weight is 357 g/mol. The fraction of sp³-hybridized carbons (Fsp3) is 0.476. The number of nitrogens with one attached hydrogen (secondary N) is 1. The molecule has 2 aliphatic rings. The first-order valence-corrected chi connectivity index (χ1v) is 9.00. The Morgan fingerprint density at radius 3 is 2.38 bits per heavy atom. The summed E-state index contributed by atoms with van der Waals surface area (Å²) in [6, 6.07) is 0. The van der Waals surface area contributed by atoms with Gasteiger partial charge in [0.2, 0.25) is 11.7 Å². The minimum absolute atomic E-state index is 0.0258. The molecular formula is C21H27NO4. The van der Waals surface area contributed by atoms with Gasteiger partial charge in [-0.3, -0.25) is 14.4 Å². The topological polar surface area (TPSA) is 75.8 Å². The molecule has 2 atom stereocenters. The molecule has 1 heterocycles. The first-order chi connectivity index (χ1) is 12.3. The number of hydrogen-bond acceptors (Lipinski definition) is 4. The van der Waals surface area contributed by atoms with E-state index in [1.807, 2.05) is 6.92 Å². The Bertz CT molecular complexity index is 720. The van der Waals surface area contributed by atoms with Crippen molar-refractivity contribution in [1.82, 2.24) is 5.32 Å². The van der Waals surface area contributed by atoms with Crippen molar-refractivity contribution in [3.8, 4) is 0 Å². The number of fused-ring (bicyclic) bond motifs is 1. The number of epoxide rings is 1. The number of carbonyl (C=O) groups is 3. The minimum Gasteiger partial charge on any atom is -0.352 e. The van der Waals surface area contributed by atoms with Gasteiger partial charge in [0.15, 0.2) is 18.0 Å². The summed E-state index contributed by atoms with van der Waals surface area (Å²) in [5.41, 5.74) is 3.62. The fourth-order valence-electron chi connectivity index (χ4n) is 2.78. The molecule has 5 heteroatoms. The Balaban J connectivity index is 1.78. The highest BCUT2D eigenvalue weighted by Gasteiger charge is 2.53. The molecule has 1 aliphatic heterocycles. The van der Waals surface area contributed by atoms with Gasteiger partial charge in [0.1, 0.15) is 0 Å².